The van der Waals surface area contributed by atoms with Crippen molar-refractivity contribution < 1.29 is 14.3 Å². The van der Waals surface area contributed by atoms with E-state index in [4.69, 9.17) is 16.3 Å². The van der Waals surface area contributed by atoms with Gasteiger partial charge in [0.05, 0.1) is 0 Å². The van der Waals surface area contributed by atoms with E-state index < -0.39 is 0 Å². The van der Waals surface area contributed by atoms with Crippen molar-refractivity contribution in [2.45, 2.75) is 33.4 Å². The molecule has 2 N–H and O–H groups in total. The zero-order chi connectivity index (χ0) is 24.5. The van der Waals surface area contributed by atoms with Gasteiger partial charge >= 0.3 is 0 Å². The predicted octanol–water partition coefficient (Wildman–Crippen LogP) is 3.14. The van der Waals surface area contributed by atoms with E-state index in [0.29, 0.717) is 28.6 Å². The predicted molar refractivity (Wildman–Crippen MR) is 131 cm³/mol. The van der Waals surface area contributed by atoms with Crippen LogP contribution in [-0.4, -0.2) is 34.4 Å². The first-order valence-corrected chi connectivity index (χ1v) is 11.2. The molecule has 0 radical (unpaired) electrons. The summed E-state index contributed by atoms with van der Waals surface area (Å²) in [6.45, 7) is 3.59. The van der Waals surface area contributed by atoms with Crippen molar-refractivity contribution in [2.75, 3.05) is 18.5 Å². The number of aryl methyl sites for hydroxylation is 1. The molecule has 1 amide bonds. The van der Waals surface area contributed by atoms with E-state index in [1.54, 1.807) is 31.3 Å². The second-order valence-electron chi connectivity index (χ2n) is 7.82. The number of aromatic nitrogens is 2. The summed E-state index contributed by atoms with van der Waals surface area (Å²) >= 11 is 6.07. The molecule has 1 aromatic heterocycles. The summed E-state index contributed by atoms with van der Waals surface area (Å²) in [5, 5.41) is 6.32. The summed E-state index contributed by atoms with van der Waals surface area (Å²) in [5.74, 6) is 0.181. The largest absolute Gasteiger partial charge is 0.485 e. The maximum absolute atomic E-state index is 12.9. The van der Waals surface area contributed by atoms with E-state index >= 15 is 0 Å². The molecular formula is C25H27ClN4O4. The Labute approximate surface area is 202 Å². The van der Waals surface area contributed by atoms with E-state index in [-0.39, 0.29) is 42.8 Å². The first-order valence-electron chi connectivity index (χ1n) is 10.8. The zero-order valence-corrected chi connectivity index (χ0v) is 19.9. The van der Waals surface area contributed by atoms with Crippen LogP contribution >= 0.6 is 11.6 Å². The molecule has 2 aromatic carbocycles. The lowest BCUT2D eigenvalue weighted by Crippen LogP contribution is -2.34. The molecule has 0 aliphatic rings. The average Bonchev–Trinajstić information content (AvgIpc) is 2.82. The van der Waals surface area contributed by atoms with Crippen LogP contribution in [0.25, 0.3) is 0 Å². The Bertz CT molecular complexity index is 1210. The Balaban J connectivity index is 1.62. The number of hydrogen-bond donors (Lipinski definition) is 2. The van der Waals surface area contributed by atoms with Gasteiger partial charge in [0.1, 0.15) is 18.9 Å². The summed E-state index contributed by atoms with van der Waals surface area (Å²) in [4.78, 5) is 40.9. The number of nitrogens with zero attached hydrogens (tertiary/aromatic N) is 2. The standard InChI is InChI=1S/C25H27ClN4O4/c1-17-13-29-24(27-11-10-19-6-4-3-5-7-19)25(33)30(17)15-23(32)28-14-20-12-21(26)8-9-22(20)34-16-18(2)31/h3-9,12-13H,10-11,14-16H2,1-2H3,(H,27,29)(H,28,32). The molecule has 0 unspecified atom stereocenters. The number of rotatable bonds is 11. The lowest BCUT2D eigenvalue weighted by Gasteiger charge is -2.14. The third-order valence-electron chi connectivity index (χ3n) is 5.03. The molecule has 0 fully saturated rings. The van der Waals surface area contributed by atoms with Crippen molar-refractivity contribution in [3.8, 4) is 5.75 Å². The third kappa shape index (κ3) is 7.18. The Morgan fingerprint density at radius 2 is 1.91 bits per heavy atom. The number of ketones is 1. The van der Waals surface area contributed by atoms with Crippen molar-refractivity contribution in [2.24, 2.45) is 0 Å². The quantitative estimate of drug-likeness (QED) is 0.435. The third-order valence-corrected chi connectivity index (χ3v) is 5.27. The van der Waals surface area contributed by atoms with Gasteiger partial charge in [-0.3, -0.25) is 19.0 Å². The maximum Gasteiger partial charge on any atom is 0.293 e. The highest BCUT2D eigenvalue weighted by molar-refractivity contribution is 6.30. The fourth-order valence-electron chi connectivity index (χ4n) is 3.26. The molecule has 1 heterocycles. The van der Waals surface area contributed by atoms with E-state index in [2.05, 4.69) is 15.6 Å². The van der Waals surface area contributed by atoms with Crippen LogP contribution in [0.1, 0.15) is 23.7 Å². The van der Waals surface area contributed by atoms with E-state index in [9.17, 15) is 14.4 Å². The molecule has 3 rings (SSSR count). The number of ether oxygens (including phenoxy) is 1. The summed E-state index contributed by atoms with van der Waals surface area (Å²) in [6, 6.07) is 14.9. The average molecular weight is 483 g/mol. The molecule has 0 saturated carbocycles. The number of hydrogen-bond acceptors (Lipinski definition) is 6. The summed E-state index contributed by atoms with van der Waals surface area (Å²) < 4.78 is 6.87. The SMILES string of the molecule is CC(=O)COc1ccc(Cl)cc1CNC(=O)Cn1c(C)cnc(NCCc2ccccc2)c1=O. The summed E-state index contributed by atoms with van der Waals surface area (Å²) in [5.41, 5.74) is 1.98. The molecule has 9 heteroatoms. The summed E-state index contributed by atoms with van der Waals surface area (Å²) in [7, 11) is 0. The number of carbonyl (C=O) groups excluding carboxylic acids is 2. The minimum absolute atomic E-state index is 0.0752. The molecule has 8 nitrogen and oxygen atoms in total. The molecule has 0 aliphatic carbocycles. The van der Waals surface area contributed by atoms with Gasteiger partial charge in [-0.25, -0.2) is 4.98 Å². The monoisotopic (exact) mass is 482 g/mol. The first kappa shape index (κ1) is 25.0. The van der Waals surface area contributed by atoms with Gasteiger partial charge in [-0.05, 0) is 44.0 Å². The molecule has 3 aromatic rings. The number of nitrogens with one attached hydrogen (secondary N) is 2. The van der Waals surface area contributed by atoms with Gasteiger partial charge in [0.25, 0.3) is 5.56 Å². The number of anilines is 1. The van der Waals surface area contributed by atoms with Gasteiger partial charge in [-0.15, -0.1) is 0 Å². The maximum atomic E-state index is 12.9. The molecular weight excluding hydrogens is 456 g/mol. The van der Waals surface area contributed by atoms with E-state index in [1.165, 1.54) is 11.5 Å². The van der Waals surface area contributed by atoms with Gasteiger partial charge in [-0.2, -0.15) is 0 Å². The molecule has 0 saturated heterocycles. The molecule has 0 spiro atoms. The Morgan fingerprint density at radius 1 is 1.15 bits per heavy atom. The molecule has 0 atom stereocenters. The highest BCUT2D eigenvalue weighted by Gasteiger charge is 2.13. The molecule has 0 aliphatic heterocycles. The minimum atomic E-state index is -0.364. The van der Waals surface area contributed by atoms with Crippen LogP contribution in [0.5, 0.6) is 5.75 Å². The van der Waals surface area contributed by atoms with Crippen LogP contribution < -0.4 is 20.9 Å². The Morgan fingerprint density at radius 3 is 2.65 bits per heavy atom. The van der Waals surface area contributed by atoms with Gasteiger partial charge in [0.2, 0.25) is 5.91 Å². The van der Waals surface area contributed by atoms with E-state index in [0.717, 1.165) is 12.0 Å². The fraction of sp³-hybridized carbons (Fsp3) is 0.280. The number of amides is 1. The normalized spacial score (nSPS) is 10.6. The smallest absolute Gasteiger partial charge is 0.293 e. The van der Waals surface area contributed by atoms with Gasteiger partial charge in [0.15, 0.2) is 11.6 Å². The van der Waals surface area contributed by atoms with Crippen molar-refractivity contribution in [3.63, 3.8) is 0 Å². The van der Waals surface area contributed by atoms with Crippen molar-refractivity contribution in [1.82, 2.24) is 14.9 Å². The zero-order valence-electron chi connectivity index (χ0n) is 19.1. The van der Waals surface area contributed by atoms with Crippen LogP contribution in [-0.2, 0) is 29.1 Å². The minimum Gasteiger partial charge on any atom is -0.485 e. The van der Waals surface area contributed by atoms with Crippen LogP contribution in [0.3, 0.4) is 0 Å². The van der Waals surface area contributed by atoms with E-state index in [1.807, 2.05) is 30.3 Å². The molecule has 178 valence electrons. The van der Waals surface area contributed by atoms with Gasteiger partial charge in [0, 0.05) is 35.6 Å². The highest BCUT2D eigenvalue weighted by Crippen LogP contribution is 2.23. The van der Waals surface area contributed by atoms with Crippen LogP contribution in [0, 0.1) is 6.92 Å². The number of Topliss-reactive ketones (excluding diaryl/α,β-unsaturated/α-hetero) is 1. The number of carbonyl (C=O) groups is 2. The van der Waals surface area contributed by atoms with Gasteiger partial charge < -0.3 is 15.4 Å². The molecule has 34 heavy (non-hydrogen) atoms. The lowest BCUT2D eigenvalue weighted by atomic mass is 10.1. The molecule has 0 bridgehead atoms. The highest BCUT2D eigenvalue weighted by atomic mass is 35.5. The second kappa shape index (κ2) is 12.0. The van der Waals surface area contributed by atoms with Crippen molar-refractivity contribution in [3.05, 3.63) is 86.9 Å². The first-order chi connectivity index (χ1) is 16.3. The van der Waals surface area contributed by atoms with Crippen LogP contribution in [0.15, 0.2) is 59.5 Å². The van der Waals surface area contributed by atoms with Crippen molar-refractivity contribution in [1.29, 1.82) is 0 Å². The number of halogens is 1. The van der Waals surface area contributed by atoms with Gasteiger partial charge in [-0.1, -0.05) is 41.9 Å². The topological polar surface area (TPSA) is 102 Å². The Hall–Kier alpha value is -3.65. The number of benzene rings is 2. The van der Waals surface area contributed by atoms with Crippen molar-refractivity contribution >= 4 is 29.1 Å². The summed E-state index contributed by atoms with van der Waals surface area (Å²) in [6.07, 6.45) is 2.30. The lowest BCUT2D eigenvalue weighted by molar-refractivity contribution is -0.122. The van der Waals surface area contributed by atoms with Crippen LogP contribution in [0.4, 0.5) is 5.82 Å². The van der Waals surface area contributed by atoms with Crippen LogP contribution in [0.2, 0.25) is 5.02 Å². The fourth-order valence-corrected chi connectivity index (χ4v) is 3.45. The Kier molecular flexibility index (Phi) is 8.81. The second-order valence-corrected chi connectivity index (χ2v) is 8.26.